The molecule has 0 bridgehead atoms. The van der Waals surface area contributed by atoms with E-state index in [0.717, 1.165) is 12.2 Å². The summed E-state index contributed by atoms with van der Waals surface area (Å²) in [5.74, 6) is 0. The Hall–Kier alpha value is -0.920. The molecule has 0 fully saturated rings. The molecule has 11 heavy (non-hydrogen) atoms. The molecule has 0 aliphatic carbocycles. The lowest BCUT2D eigenvalue weighted by Crippen LogP contribution is -2.17. The molecule has 0 saturated heterocycles. The molecule has 0 spiro atoms. The molecule has 0 N–H and O–H groups in total. The van der Waals surface area contributed by atoms with E-state index in [4.69, 9.17) is 4.42 Å². The van der Waals surface area contributed by atoms with Crippen LogP contribution in [0.5, 0.6) is 0 Å². The van der Waals surface area contributed by atoms with Crippen LogP contribution in [-0.2, 0) is 0 Å². The zero-order valence-electron chi connectivity index (χ0n) is 7.13. The molecule has 1 radical (unpaired) electrons. The summed E-state index contributed by atoms with van der Waals surface area (Å²) in [5.41, 5.74) is 1.04. The van der Waals surface area contributed by atoms with E-state index in [2.05, 4.69) is 25.1 Å². The van der Waals surface area contributed by atoms with E-state index in [0.29, 0.717) is 0 Å². The summed E-state index contributed by atoms with van der Waals surface area (Å²) in [6.07, 6.45) is 6.89. The van der Waals surface area contributed by atoms with Gasteiger partial charge in [-0.05, 0) is 6.42 Å². The standard InChI is InChI=1S/C9H14NO/c1-3-4-6-10(2)9-5-7-11-8-9/h5,7H,3-4,6H2,1-2H3. The zero-order valence-corrected chi connectivity index (χ0v) is 7.13. The van der Waals surface area contributed by atoms with E-state index in [1.165, 1.54) is 12.8 Å². The van der Waals surface area contributed by atoms with E-state index < -0.39 is 0 Å². The van der Waals surface area contributed by atoms with Gasteiger partial charge in [-0.15, -0.1) is 0 Å². The Morgan fingerprint density at radius 2 is 2.45 bits per heavy atom. The fourth-order valence-electron chi connectivity index (χ4n) is 0.948. The fourth-order valence-corrected chi connectivity index (χ4v) is 0.948. The normalized spacial score (nSPS) is 10.0. The van der Waals surface area contributed by atoms with Crippen molar-refractivity contribution >= 4 is 5.69 Å². The molecule has 1 rings (SSSR count). The highest BCUT2D eigenvalue weighted by Gasteiger charge is 2.00. The minimum Gasteiger partial charge on any atom is -0.459 e. The quantitative estimate of drug-likeness (QED) is 0.658. The Morgan fingerprint density at radius 3 is 3.00 bits per heavy atom. The third kappa shape index (κ3) is 2.30. The summed E-state index contributed by atoms with van der Waals surface area (Å²) in [6, 6.07) is 1.93. The molecule has 0 aliphatic rings. The van der Waals surface area contributed by atoms with Gasteiger partial charge in [-0.2, -0.15) is 0 Å². The lowest BCUT2D eigenvalue weighted by atomic mass is 10.3. The van der Waals surface area contributed by atoms with Gasteiger partial charge in [0.15, 0.2) is 6.26 Å². The van der Waals surface area contributed by atoms with Gasteiger partial charge in [-0.3, -0.25) is 0 Å². The van der Waals surface area contributed by atoms with E-state index in [1.807, 2.05) is 6.07 Å². The van der Waals surface area contributed by atoms with Gasteiger partial charge in [0.1, 0.15) is 0 Å². The number of anilines is 1. The van der Waals surface area contributed by atoms with Crippen LogP contribution < -0.4 is 4.90 Å². The molecule has 0 aromatic carbocycles. The first kappa shape index (κ1) is 8.18. The van der Waals surface area contributed by atoms with Crippen LogP contribution in [0.2, 0.25) is 0 Å². The smallest absolute Gasteiger partial charge is 0.194 e. The van der Waals surface area contributed by atoms with Crippen LogP contribution in [0.25, 0.3) is 0 Å². The first-order valence-electron chi connectivity index (χ1n) is 4.01. The number of furan rings is 1. The van der Waals surface area contributed by atoms with Crippen LogP contribution in [0.4, 0.5) is 5.69 Å². The van der Waals surface area contributed by atoms with Gasteiger partial charge in [0.05, 0.1) is 12.0 Å². The van der Waals surface area contributed by atoms with Crippen molar-refractivity contribution in [2.24, 2.45) is 0 Å². The molecule has 0 saturated carbocycles. The van der Waals surface area contributed by atoms with Crippen molar-refractivity contribution in [2.75, 3.05) is 18.5 Å². The second-order valence-corrected chi connectivity index (χ2v) is 2.68. The van der Waals surface area contributed by atoms with Crippen molar-refractivity contribution in [1.29, 1.82) is 0 Å². The predicted molar refractivity (Wildman–Crippen MR) is 45.7 cm³/mol. The van der Waals surface area contributed by atoms with Crippen molar-refractivity contribution in [2.45, 2.75) is 19.8 Å². The Kier molecular flexibility index (Phi) is 3.02. The minimum absolute atomic E-state index is 1.04. The van der Waals surface area contributed by atoms with E-state index in [1.54, 1.807) is 6.26 Å². The summed E-state index contributed by atoms with van der Waals surface area (Å²) >= 11 is 0. The van der Waals surface area contributed by atoms with Gasteiger partial charge >= 0.3 is 0 Å². The van der Waals surface area contributed by atoms with Crippen molar-refractivity contribution in [3.63, 3.8) is 0 Å². The average molecular weight is 152 g/mol. The maximum absolute atomic E-state index is 4.85. The molecule has 0 amide bonds. The number of rotatable bonds is 4. The van der Waals surface area contributed by atoms with Crippen LogP contribution in [0.1, 0.15) is 19.8 Å². The van der Waals surface area contributed by atoms with Crippen LogP contribution in [0, 0.1) is 6.26 Å². The maximum Gasteiger partial charge on any atom is 0.194 e. The van der Waals surface area contributed by atoms with E-state index in [-0.39, 0.29) is 0 Å². The van der Waals surface area contributed by atoms with Crippen LogP contribution in [0.3, 0.4) is 0 Å². The van der Waals surface area contributed by atoms with Crippen molar-refractivity contribution < 1.29 is 4.42 Å². The predicted octanol–water partition coefficient (Wildman–Crippen LogP) is 2.32. The molecule has 61 valence electrons. The highest BCUT2D eigenvalue weighted by Crippen LogP contribution is 2.11. The van der Waals surface area contributed by atoms with Gasteiger partial charge in [0.25, 0.3) is 0 Å². The Labute approximate surface area is 67.8 Å². The summed E-state index contributed by atoms with van der Waals surface area (Å²) < 4.78 is 4.85. The second kappa shape index (κ2) is 4.06. The summed E-state index contributed by atoms with van der Waals surface area (Å²) in [4.78, 5) is 2.15. The van der Waals surface area contributed by atoms with Gasteiger partial charge < -0.3 is 9.32 Å². The molecule has 2 nitrogen and oxygen atoms in total. The molecular weight excluding hydrogens is 138 g/mol. The third-order valence-corrected chi connectivity index (χ3v) is 1.72. The SMILES string of the molecule is CCCCN(C)c1[c]occ1. The van der Waals surface area contributed by atoms with Gasteiger partial charge in [0, 0.05) is 19.7 Å². The Balaban J connectivity index is 2.36. The van der Waals surface area contributed by atoms with Crippen LogP contribution >= 0.6 is 0 Å². The first-order chi connectivity index (χ1) is 5.34. The molecule has 1 aromatic heterocycles. The van der Waals surface area contributed by atoms with Crippen LogP contribution in [-0.4, -0.2) is 13.6 Å². The highest BCUT2D eigenvalue weighted by atomic mass is 16.3. The summed E-state index contributed by atoms with van der Waals surface area (Å²) in [5, 5.41) is 0. The molecule has 0 unspecified atom stereocenters. The van der Waals surface area contributed by atoms with Crippen molar-refractivity contribution in [3.8, 4) is 0 Å². The maximum atomic E-state index is 4.85. The first-order valence-corrected chi connectivity index (χ1v) is 4.01. The largest absolute Gasteiger partial charge is 0.459 e. The number of hydrogen-bond acceptors (Lipinski definition) is 2. The fraction of sp³-hybridized carbons (Fsp3) is 0.556. The Bertz CT molecular complexity index is 181. The second-order valence-electron chi connectivity index (χ2n) is 2.68. The molecule has 1 heterocycles. The Morgan fingerprint density at radius 1 is 1.64 bits per heavy atom. The van der Waals surface area contributed by atoms with Crippen molar-refractivity contribution in [1.82, 2.24) is 0 Å². The van der Waals surface area contributed by atoms with Crippen LogP contribution in [0.15, 0.2) is 16.7 Å². The summed E-state index contributed by atoms with van der Waals surface area (Å²) in [7, 11) is 2.05. The summed E-state index contributed by atoms with van der Waals surface area (Å²) in [6.45, 7) is 3.26. The number of nitrogens with zero attached hydrogens (tertiary/aromatic N) is 1. The minimum atomic E-state index is 1.04. The number of hydrogen-bond donors (Lipinski definition) is 0. The topological polar surface area (TPSA) is 16.4 Å². The highest BCUT2D eigenvalue weighted by molar-refractivity contribution is 5.40. The molecule has 0 aliphatic heterocycles. The molecule has 0 atom stereocenters. The molecule has 1 aromatic rings. The van der Waals surface area contributed by atoms with Gasteiger partial charge in [0.2, 0.25) is 0 Å². The molecular formula is C9H14NO. The number of unbranched alkanes of at least 4 members (excludes halogenated alkanes) is 1. The van der Waals surface area contributed by atoms with E-state index in [9.17, 15) is 0 Å². The zero-order chi connectivity index (χ0) is 8.10. The van der Waals surface area contributed by atoms with Gasteiger partial charge in [-0.25, -0.2) is 0 Å². The lowest BCUT2D eigenvalue weighted by molar-refractivity contribution is 0.557. The van der Waals surface area contributed by atoms with Crippen molar-refractivity contribution in [3.05, 3.63) is 18.6 Å². The molecule has 2 heteroatoms. The monoisotopic (exact) mass is 152 g/mol. The van der Waals surface area contributed by atoms with E-state index >= 15 is 0 Å². The lowest BCUT2D eigenvalue weighted by Gasteiger charge is -2.14. The third-order valence-electron chi connectivity index (χ3n) is 1.72. The average Bonchev–Trinajstić information content (AvgIpc) is 2.52. The van der Waals surface area contributed by atoms with Gasteiger partial charge in [-0.1, -0.05) is 13.3 Å².